The average Bonchev–Trinajstić information content (AvgIpc) is 2.88. The molecule has 2 aliphatic rings. The van der Waals surface area contributed by atoms with Crippen LogP contribution in [0.15, 0.2) is 12.2 Å². The number of allylic oxidation sites excluding steroid dienone is 2. The van der Waals surface area contributed by atoms with Crippen molar-refractivity contribution < 1.29 is 29.0 Å². The molecule has 0 heterocycles. The van der Waals surface area contributed by atoms with Gasteiger partial charge >= 0.3 is 18.0 Å². The van der Waals surface area contributed by atoms with Crippen molar-refractivity contribution >= 4 is 18.0 Å². The third-order valence-electron chi connectivity index (χ3n) is 5.72. The number of aliphatic carboxylic acids is 1. The number of hydrogen-bond donors (Lipinski definition) is 2. The summed E-state index contributed by atoms with van der Waals surface area (Å²) in [6, 6.07) is 0. The summed E-state index contributed by atoms with van der Waals surface area (Å²) in [4.78, 5) is 34.7. The first kappa shape index (κ1) is 20.3. The second-order valence-electron chi connectivity index (χ2n) is 7.92. The van der Waals surface area contributed by atoms with Crippen LogP contribution in [0.1, 0.15) is 53.4 Å². The summed E-state index contributed by atoms with van der Waals surface area (Å²) in [6.45, 7) is 7.15. The predicted molar refractivity (Wildman–Crippen MR) is 94.1 cm³/mol. The fourth-order valence-corrected chi connectivity index (χ4v) is 4.54. The number of fused-ring (bicyclic) bond motifs is 1. The Morgan fingerprint density at radius 2 is 2.00 bits per heavy atom. The molecular weight excluding hydrogens is 338 g/mol. The summed E-state index contributed by atoms with van der Waals surface area (Å²) in [5, 5.41) is 12.0. The van der Waals surface area contributed by atoms with Crippen molar-refractivity contribution in [2.45, 2.75) is 59.7 Å². The molecule has 4 atom stereocenters. The van der Waals surface area contributed by atoms with Gasteiger partial charge in [0.2, 0.25) is 0 Å². The van der Waals surface area contributed by atoms with Crippen molar-refractivity contribution in [2.24, 2.45) is 22.7 Å². The Morgan fingerprint density at radius 3 is 2.54 bits per heavy atom. The minimum Gasteiger partial charge on any atom is -0.481 e. The molecule has 7 heteroatoms. The maximum atomic E-state index is 12.2. The zero-order valence-corrected chi connectivity index (χ0v) is 15.9. The normalized spacial score (nSPS) is 30.3. The first-order valence-corrected chi connectivity index (χ1v) is 9.14. The minimum atomic E-state index is -0.967. The van der Waals surface area contributed by atoms with Crippen molar-refractivity contribution in [3.63, 3.8) is 0 Å². The van der Waals surface area contributed by atoms with E-state index < -0.39 is 29.7 Å². The highest BCUT2D eigenvalue weighted by Gasteiger charge is 2.62. The molecule has 2 rings (SSSR count). The van der Waals surface area contributed by atoms with Gasteiger partial charge in [0.15, 0.2) is 0 Å². The number of carbonyl (C=O) groups is 3. The molecule has 0 radical (unpaired) electrons. The van der Waals surface area contributed by atoms with E-state index in [-0.39, 0.29) is 30.2 Å². The molecule has 146 valence electrons. The third kappa shape index (κ3) is 4.02. The van der Waals surface area contributed by atoms with Crippen LogP contribution in [-0.4, -0.2) is 36.0 Å². The molecule has 0 bridgehead atoms. The van der Waals surface area contributed by atoms with Gasteiger partial charge in [-0.2, -0.15) is 0 Å². The minimum absolute atomic E-state index is 0.00158. The van der Waals surface area contributed by atoms with E-state index in [0.717, 1.165) is 19.3 Å². The molecular formula is C19H29NO6. The van der Waals surface area contributed by atoms with E-state index in [9.17, 15) is 19.5 Å². The van der Waals surface area contributed by atoms with Crippen molar-refractivity contribution in [2.75, 3.05) is 6.54 Å². The Morgan fingerprint density at radius 1 is 1.31 bits per heavy atom. The molecule has 7 nitrogen and oxygen atoms in total. The van der Waals surface area contributed by atoms with E-state index in [1.54, 1.807) is 13.8 Å². The number of carboxylic acids is 1. The number of esters is 1. The number of ether oxygens (including phenoxy) is 2. The lowest BCUT2D eigenvalue weighted by Crippen LogP contribution is -2.59. The monoisotopic (exact) mass is 367 g/mol. The highest BCUT2D eigenvalue weighted by Crippen LogP contribution is 2.67. The molecule has 0 aromatic carbocycles. The van der Waals surface area contributed by atoms with E-state index >= 15 is 0 Å². The number of amides is 1. The largest absolute Gasteiger partial charge is 0.481 e. The summed E-state index contributed by atoms with van der Waals surface area (Å²) >= 11 is 0. The van der Waals surface area contributed by atoms with Crippen LogP contribution in [0.25, 0.3) is 0 Å². The molecule has 0 unspecified atom stereocenters. The molecule has 2 N–H and O–H groups in total. The van der Waals surface area contributed by atoms with Crippen LogP contribution in [0.5, 0.6) is 0 Å². The van der Waals surface area contributed by atoms with Gasteiger partial charge < -0.3 is 19.9 Å². The lowest BCUT2D eigenvalue weighted by Gasteiger charge is -2.60. The van der Waals surface area contributed by atoms with Crippen molar-refractivity contribution in [3.05, 3.63) is 12.2 Å². The summed E-state index contributed by atoms with van der Waals surface area (Å²) in [6.07, 6.45) is 5.25. The quantitative estimate of drug-likeness (QED) is 0.388. The van der Waals surface area contributed by atoms with Crippen LogP contribution in [0.3, 0.4) is 0 Å². The first-order chi connectivity index (χ1) is 12.1. The fraction of sp³-hybridized carbons (Fsp3) is 0.737. The Hall–Kier alpha value is -2.05. The van der Waals surface area contributed by atoms with E-state index in [4.69, 9.17) is 9.47 Å². The summed E-state index contributed by atoms with van der Waals surface area (Å²) in [7, 11) is 0. The SMILES string of the molecule is CC[C@@]12CC=C[C@@H]1[C@](CNC(=O)O[C@@H](OC(C)=O)C(C)C)(CC(=O)O)C2. The summed E-state index contributed by atoms with van der Waals surface area (Å²) in [5.41, 5.74) is -0.373. The van der Waals surface area contributed by atoms with Crippen LogP contribution in [0.2, 0.25) is 0 Å². The standard InChI is InChI=1S/C19H29NO6/c1-5-18-8-6-7-14(18)19(10-18,9-15(22)23)11-20-17(24)26-16(12(2)3)25-13(4)21/h6-7,12,14,16H,5,8-11H2,1-4H3,(H,20,24)(H,22,23)/t14-,16+,18-,19+/m0/s1. The number of carboxylic acid groups (broad SMARTS) is 1. The molecule has 2 aliphatic carbocycles. The maximum Gasteiger partial charge on any atom is 0.410 e. The molecule has 0 saturated heterocycles. The zero-order chi connectivity index (χ0) is 19.5. The number of alkyl carbamates (subject to hydrolysis) is 1. The highest BCUT2D eigenvalue weighted by atomic mass is 16.7. The molecule has 0 aliphatic heterocycles. The smallest absolute Gasteiger partial charge is 0.410 e. The van der Waals surface area contributed by atoms with Crippen molar-refractivity contribution in [3.8, 4) is 0 Å². The van der Waals surface area contributed by atoms with Crippen LogP contribution < -0.4 is 5.32 Å². The summed E-state index contributed by atoms with van der Waals surface area (Å²) in [5.74, 6) is -1.44. The second kappa shape index (κ2) is 7.68. The Labute approximate surface area is 154 Å². The molecule has 1 saturated carbocycles. The number of nitrogens with one attached hydrogen (secondary N) is 1. The van der Waals surface area contributed by atoms with Crippen LogP contribution in [-0.2, 0) is 19.1 Å². The predicted octanol–water partition coefficient (Wildman–Crippen LogP) is 3.10. The van der Waals surface area contributed by atoms with E-state index in [1.165, 1.54) is 6.92 Å². The van der Waals surface area contributed by atoms with Gasteiger partial charge in [0.25, 0.3) is 6.29 Å². The topological polar surface area (TPSA) is 102 Å². The van der Waals surface area contributed by atoms with Gasteiger partial charge in [-0.05, 0) is 30.6 Å². The first-order valence-electron chi connectivity index (χ1n) is 9.14. The third-order valence-corrected chi connectivity index (χ3v) is 5.72. The van der Waals surface area contributed by atoms with Gasteiger partial charge in [-0.15, -0.1) is 0 Å². The van der Waals surface area contributed by atoms with Gasteiger partial charge in [0, 0.05) is 24.8 Å². The van der Waals surface area contributed by atoms with Gasteiger partial charge in [0.05, 0.1) is 6.42 Å². The lowest BCUT2D eigenvalue weighted by atomic mass is 9.44. The number of rotatable bonds is 8. The Kier molecular flexibility index (Phi) is 5.98. The van der Waals surface area contributed by atoms with Gasteiger partial charge in [-0.25, -0.2) is 4.79 Å². The number of hydrogen-bond acceptors (Lipinski definition) is 5. The second-order valence-corrected chi connectivity index (χ2v) is 7.92. The maximum absolute atomic E-state index is 12.2. The van der Waals surface area contributed by atoms with Gasteiger partial charge in [-0.1, -0.05) is 32.9 Å². The van der Waals surface area contributed by atoms with Crippen LogP contribution in [0, 0.1) is 22.7 Å². The number of carbonyl (C=O) groups excluding carboxylic acids is 2. The van der Waals surface area contributed by atoms with Crippen LogP contribution >= 0.6 is 0 Å². The van der Waals surface area contributed by atoms with E-state index in [1.807, 2.05) is 0 Å². The Balaban J connectivity index is 2.00. The van der Waals surface area contributed by atoms with E-state index in [2.05, 4.69) is 24.4 Å². The fourth-order valence-electron chi connectivity index (χ4n) is 4.54. The van der Waals surface area contributed by atoms with Crippen molar-refractivity contribution in [1.82, 2.24) is 5.32 Å². The molecule has 0 spiro atoms. The lowest BCUT2D eigenvalue weighted by molar-refractivity contribution is -0.173. The average molecular weight is 367 g/mol. The van der Waals surface area contributed by atoms with Crippen molar-refractivity contribution in [1.29, 1.82) is 0 Å². The molecule has 0 aromatic heterocycles. The molecule has 1 fully saturated rings. The summed E-state index contributed by atoms with van der Waals surface area (Å²) < 4.78 is 10.2. The highest BCUT2D eigenvalue weighted by molar-refractivity contribution is 5.70. The van der Waals surface area contributed by atoms with Crippen LogP contribution in [0.4, 0.5) is 4.79 Å². The van der Waals surface area contributed by atoms with Gasteiger partial charge in [-0.3, -0.25) is 9.59 Å². The molecule has 0 aromatic rings. The van der Waals surface area contributed by atoms with Gasteiger partial charge in [0.1, 0.15) is 0 Å². The Bertz CT molecular complexity index is 601. The molecule has 26 heavy (non-hydrogen) atoms. The zero-order valence-electron chi connectivity index (χ0n) is 15.9. The van der Waals surface area contributed by atoms with E-state index in [0.29, 0.717) is 0 Å². The molecule has 1 amide bonds.